The van der Waals surface area contributed by atoms with Crippen molar-refractivity contribution in [1.82, 2.24) is 9.21 Å². The van der Waals surface area contributed by atoms with Crippen molar-refractivity contribution >= 4 is 33.0 Å². The highest BCUT2D eigenvalue weighted by atomic mass is 35.5. The van der Waals surface area contributed by atoms with Gasteiger partial charge >= 0.3 is 0 Å². The molecule has 0 aliphatic carbocycles. The molecule has 1 aromatic heterocycles. The van der Waals surface area contributed by atoms with Crippen LogP contribution in [0.2, 0.25) is 4.34 Å². The van der Waals surface area contributed by atoms with E-state index in [4.69, 9.17) is 16.9 Å². The van der Waals surface area contributed by atoms with Crippen LogP contribution in [0.15, 0.2) is 40.6 Å². The van der Waals surface area contributed by atoms with Gasteiger partial charge in [0, 0.05) is 32.7 Å². The van der Waals surface area contributed by atoms with Gasteiger partial charge < -0.3 is 0 Å². The van der Waals surface area contributed by atoms with Crippen LogP contribution in [0.5, 0.6) is 0 Å². The Labute approximate surface area is 150 Å². The first kappa shape index (κ1) is 17.4. The molecule has 1 saturated heterocycles. The average molecular weight is 382 g/mol. The van der Waals surface area contributed by atoms with Crippen molar-refractivity contribution < 1.29 is 8.42 Å². The number of benzene rings is 1. The molecule has 0 radical (unpaired) electrons. The summed E-state index contributed by atoms with van der Waals surface area (Å²) in [7, 11) is -3.46. The first-order valence-corrected chi connectivity index (χ1v) is 10.1. The summed E-state index contributed by atoms with van der Waals surface area (Å²) in [6.07, 6.45) is 0. The molecule has 0 saturated carbocycles. The maximum Gasteiger partial charge on any atom is 0.252 e. The lowest BCUT2D eigenvalue weighted by Gasteiger charge is -2.33. The Morgan fingerprint density at radius 3 is 2.46 bits per heavy atom. The van der Waals surface area contributed by atoms with Crippen LogP contribution in [0.25, 0.3) is 0 Å². The number of nitriles is 1. The van der Waals surface area contributed by atoms with E-state index in [1.54, 1.807) is 18.2 Å². The average Bonchev–Trinajstić information content (AvgIpc) is 3.03. The van der Waals surface area contributed by atoms with Gasteiger partial charge in [-0.25, -0.2) is 8.42 Å². The van der Waals surface area contributed by atoms with Gasteiger partial charge in [-0.2, -0.15) is 9.57 Å². The molecule has 8 heteroatoms. The standard InChI is InChI=1S/C16H16ClN3O2S2/c17-15-5-6-16(23-15)24(21,22)20-9-7-19(8-10-20)12-14-4-2-1-3-13(14)11-18/h1-6H,7-10,12H2. The summed E-state index contributed by atoms with van der Waals surface area (Å²) in [5.41, 5.74) is 1.64. The van der Waals surface area contributed by atoms with Crippen molar-refractivity contribution in [3.8, 4) is 6.07 Å². The molecule has 1 aliphatic rings. The van der Waals surface area contributed by atoms with Crippen molar-refractivity contribution in [2.24, 2.45) is 0 Å². The molecule has 0 atom stereocenters. The lowest BCUT2D eigenvalue weighted by atomic mass is 10.1. The van der Waals surface area contributed by atoms with Gasteiger partial charge in [0.2, 0.25) is 0 Å². The van der Waals surface area contributed by atoms with E-state index in [9.17, 15) is 8.42 Å². The summed E-state index contributed by atoms with van der Waals surface area (Å²) in [5, 5.41) is 9.16. The van der Waals surface area contributed by atoms with Crippen LogP contribution in [-0.2, 0) is 16.6 Å². The molecule has 2 aromatic rings. The van der Waals surface area contributed by atoms with Gasteiger partial charge in [0.05, 0.1) is 16.0 Å². The number of halogens is 1. The summed E-state index contributed by atoms with van der Waals surface area (Å²) >= 11 is 6.93. The number of rotatable bonds is 4. The van der Waals surface area contributed by atoms with Crippen LogP contribution in [0, 0.1) is 11.3 Å². The SMILES string of the molecule is N#Cc1ccccc1CN1CCN(S(=O)(=O)c2ccc(Cl)s2)CC1. The second kappa shape index (κ2) is 7.21. The van der Waals surface area contributed by atoms with Gasteiger partial charge in [-0.3, -0.25) is 4.90 Å². The smallest absolute Gasteiger partial charge is 0.252 e. The molecule has 1 fully saturated rings. The van der Waals surface area contributed by atoms with Gasteiger partial charge in [-0.15, -0.1) is 11.3 Å². The van der Waals surface area contributed by atoms with Gasteiger partial charge in [0.15, 0.2) is 0 Å². The van der Waals surface area contributed by atoms with E-state index in [1.807, 2.05) is 18.2 Å². The van der Waals surface area contributed by atoms with Crippen molar-refractivity contribution in [2.45, 2.75) is 10.8 Å². The molecule has 2 heterocycles. The van der Waals surface area contributed by atoms with Crippen molar-refractivity contribution in [1.29, 1.82) is 5.26 Å². The van der Waals surface area contributed by atoms with Crippen LogP contribution in [0.3, 0.4) is 0 Å². The number of piperazine rings is 1. The molecule has 0 bridgehead atoms. The van der Waals surface area contributed by atoms with Crippen molar-refractivity contribution in [2.75, 3.05) is 26.2 Å². The van der Waals surface area contributed by atoms with Crippen LogP contribution in [-0.4, -0.2) is 43.8 Å². The third-order valence-electron chi connectivity index (χ3n) is 4.01. The first-order valence-electron chi connectivity index (χ1n) is 7.46. The summed E-state index contributed by atoms with van der Waals surface area (Å²) < 4.78 is 27.4. The molecule has 0 N–H and O–H groups in total. The zero-order chi connectivity index (χ0) is 17.2. The molecular weight excluding hydrogens is 366 g/mol. The molecule has 1 aliphatic heterocycles. The molecule has 3 rings (SSSR count). The summed E-state index contributed by atoms with van der Waals surface area (Å²) in [6, 6.07) is 12.9. The second-order valence-electron chi connectivity index (χ2n) is 5.51. The number of thiophene rings is 1. The molecule has 5 nitrogen and oxygen atoms in total. The van der Waals surface area contributed by atoms with E-state index in [2.05, 4.69) is 11.0 Å². The monoisotopic (exact) mass is 381 g/mol. The van der Waals surface area contributed by atoms with Crippen LogP contribution >= 0.6 is 22.9 Å². The highest BCUT2D eigenvalue weighted by Crippen LogP contribution is 2.28. The number of nitrogens with zero attached hydrogens (tertiary/aromatic N) is 3. The Morgan fingerprint density at radius 2 is 1.83 bits per heavy atom. The highest BCUT2D eigenvalue weighted by Gasteiger charge is 2.29. The lowest BCUT2D eigenvalue weighted by molar-refractivity contribution is 0.181. The Balaban J connectivity index is 1.65. The predicted octanol–water partition coefficient (Wildman–Crippen LogP) is 2.78. The summed E-state index contributed by atoms with van der Waals surface area (Å²) in [4.78, 5) is 2.17. The van der Waals surface area contributed by atoms with E-state index < -0.39 is 10.0 Å². The quantitative estimate of drug-likeness (QED) is 0.816. The Hall–Kier alpha value is -1.43. The third kappa shape index (κ3) is 3.63. The number of sulfonamides is 1. The Kier molecular flexibility index (Phi) is 5.23. The van der Waals surface area contributed by atoms with E-state index in [0.717, 1.165) is 16.9 Å². The third-order valence-corrected chi connectivity index (χ3v) is 7.60. The van der Waals surface area contributed by atoms with Crippen LogP contribution < -0.4 is 0 Å². The topological polar surface area (TPSA) is 64.4 Å². The number of hydrogen-bond acceptors (Lipinski definition) is 5. The summed E-state index contributed by atoms with van der Waals surface area (Å²) in [6.45, 7) is 2.80. The molecule has 0 unspecified atom stereocenters. The minimum Gasteiger partial charge on any atom is -0.296 e. The van der Waals surface area contributed by atoms with E-state index in [0.29, 0.717) is 42.6 Å². The minimum absolute atomic E-state index is 0.288. The Morgan fingerprint density at radius 1 is 1.12 bits per heavy atom. The maximum atomic E-state index is 12.6. The maximum absolute atomic E-state index is 12.6. The largest absolute Gasteiger partial charge is 0.296 e. The zero-order valence-corrected chi connectivity index (χ0v) is 15.2. The van der Waals surface area contributed by atoms with Gasteiger partial charge in [0.1, 0.15) is 4.21 Å². The minimum atomic E-state index is -3.46. The van der Waals surface area contributed by atoms with Crippen molar-refractivity contribution in [3.05, 3.63) is 51.9 Å². The predicted molar refractivity (Wildman–Crippen MR) is 94.5 cm³/mol. The van der Waals surface area contributed by atoms with E-state index in [-0.39, 0.29) is 4.21 Å². The first-order chi connectivity index (χ1) is 11.5. The molecule has 24 heavy (non-hydrogen) atoms. The fourth-order valence-electron chi connectivity index (χ4n) is 2.70. The Bertz CT molecular complexity index is 865. The van der Waals surface area contributed by atoms with Crippen LogP contribution in [0.1, 0.15) is 11.1 Å². The fraction of sp³-hybridized carbons (Fsp3) is 0.312. The molecule has 1 aromatic carbocycles. The van der Waals surface area contributed by atoms with Gasteiger partial charge in [-0.05, 0) is 23.8 Å². The zero-order valence-electron chi connectivity index (χ0n) is 12.9. The lowest BCUT2D eigenvalue weighted by Crippen LogP contribution is -2.48. The fourth-order valence-corrected chi connectivity index (χ4v) is 5.76. The molecule has 0 spiro atoms. The van der Waals surface area contributed by atoms with Gasteiger partial charge in [0.25, 0.3) is 10.0 Å². The van der Waals surface area contributed by atoms with E-state index >= 15 is 0 Å². The second-order valence-corrected chi connectivity index (χ2v) is 9.39. The highest BCUT2D eigenvalue weighted by molar-refractivity contribution is 7.91. The van der Waals surface area contributed by atoms with Gasteiger partial charge in [-0.1, -0.05) is 29.8 Å². The summed E-state index contributed by atoms with van der Waals surface area (Å²) in [5.74, 6) is 0. The molecule has 126 valence electrons. The number of hydrogen-bond donors (Lipinski definition) is 0. The molecule has 0 amide bonds. The van der Waals surface area contributed by atoms with E-state index in [1.165, 1.54) is 4.31 Å². The van der Waals surface area contributed by atoms with Crippen LogP contribution in [0.4, 0.5) is 0 Å². The normalized spacial score (nSPS) is 16.8. The molecular formula is C16H16ClN3O2S2. The van der Waals surface area contributed by atoms with Crippen molar-refractivity contribution in [3.63, 3.8) is 0 Å².